The molecule has 26 valence electrons. The zero-order valence-electron chi connectivity index (χ0n) is 3.82. The summed E-state index contributed by atoms with van der Waals surface area (Å²) in [5, 5.41) is 0. The monoisotopic (exact) mass is 80.0 g/mol. The third-order valence-corrected chi connectivity index (χ3v) is 0. The van der Waals surface area contributed by atoms with Gasteiger partial charge in [-0.05, 0) is 0 Å². The molecule has 0 aromatic carbocycles. The van der Waals surface area contributed by atoms with Crippen LogP contribution in [-0.2, 0) is 14.9 Å². The first-order chi connectivity index (χ1) is 2.00. The van der Waals surface area contributed by atoms with Gasteiger partial charge in [0, 0.05) is 0 Å². The van der Waals surface area contributed by atoms with E-state index in [4.69, 9.17) is 1.12 Å². The van der Waals surface area contributed by atoms with Crippen molar-refractivity contribution in [1.29, 1.82) is 1.12 Å². The lowest BCUT2D eigenvalue weighted by Crippen LogP contribution is -1.68. The van der Waals surface area contributed by atoms with Gasteiger partial charge in [0.15, 0.2) is 0 Å². The van der Waals surface area contributed by atoms with Gasteiger partial charge in [-0.3, -0.25) is 0 Å². The molecule has 0 saturated carbocycles. The molecule has 0 unspecified atom stereocenters. The molecular formula is C2H7OS+. The van der Waals surface area contributed by atoms with Gasteiger partial charge in [-0.2, -0.15) is 0 Å². The van der Waals surface area contributed by atoms with Crippen molar-refractivity contribution >= 4 is 10.7 Å². The predicted octanol–water partition coefficient (Wildman–Crippen LogP) is -0.0579. The van der Waals surface area contributed by atoms with Crippen LogP contribution < -0.4 is 0 Å². The summed E-state index contributed by atoms with van der Waals surface area (Å²) in [5.41, 5.74) is 0. The highest BCUT2D eigenvalue weighted by Gasteiger charge is 1.65. The zero-order chi connectivity index (χ0) is 4.50. The quantitative estimate of drug-likeness (QED) is 0.294. The molecule has 0 rings (SSSR count). The van der Waals surface area contributed by atoms with Crippen LogP contribution in [0.3, 0.4) is 0 Å². The minimum atomic E-state index is -2.17. The molecular weight excluding hydrogens is 72.1 g/mol. The van der Waals surface area contributed by atoms with Crippen LogP contribution in [0.5, 0.6) is 0 Å². The van der Waals surface area contributed by atoms with Gasteiger partial charge in [0.1, 0.15) is 0 Å². The zero-order valence-corrected chi connectivity index (χ0v) is 3.63. The molecule has 0 heterocycles. The molecule has 0 aliphatic rings. The molecule has 0 bridgehead atoms. The van der Waals surface area contributed by atoms with E-state index >= 15 is 0 Å². The summed E-state index contributed by atoms with van der Waals surface area (Å²) >= 11 is 0. The Morgan fingerprint density at radius 3 is 2.00 bits per heavy atom. The third kappa shape index (κ3) is 126. The smallest absolute Gasteiger partial charge is 0.109 e. The van der Waals surface area contributed by atoms with Gasteiger partial charge in [0.05, 0.1) is 23.2 Å². The summed E-state index contributed by atoms with van der Waals surface area (Å²) in [7, 11) is -2.17. The molecule has 0 fully saturated rings. The van der Waals surface area contributed by atoms with Crippen molar-refractivity contribution in [1.82, 2.24) is 0 Å². The van der Waals surface area contributed by atoms with Crippen LogP contribution >= 0.6 is 0 Å². The van der Waals surface area contributed by atoms with Crippen LogP contribution in [-0.4, -0.2) is 13.6 Å². The molecule has 0 amide bonds. The third-order valence-electron chi connectivity index (χ3n) is 0. The van der Waals surface area contributed by atoms with Gasteiger partial charge < -0.3 is 0 Å². The molecule has 1 nitrogen and oxygen atoms in total. The minimum Gasteiger partial charge on any atom is -0.109 e. The van der Waals surface area contributed by atoms with Crippen molar-refractivity contribution in [3.05, 3.63) is 0 Å². The Bertz CT molecular complexity index is 55.8. The van der Waals surface area contributed by atoms with E-state index < -0.39 is 10.7 Å². The van der Waals surface area contributed by atoms with Crippen LogP contribution in [0.2, 0.25) is 0 Å². The summed E-state index contributed by atoms with van der Waals surface area (Å²) in [4.78, 5) is 0. The molecule has 4 heavy (non-hydrogen) atoms. The molecule has 0 saturated heterocycles. The van der Waals surface area contributed by atoms with E-state index in [9.17, 15) is 4.21 Å². The highest BCUT2D eigenvalue weighted by atomic mass is 32.2. The first-order valence-corrected chi connectivity index (χ1v) is 2.95. The number of thiol groups is 1. The van der Waals surface area contributed by atoms with E-state index in [1.807, 2.05) is 0 Å². The van der Waals surface area contributed by atoms with Gasteiger partial charge in [-0.25, -0.2) is 0 Å². The van der Waals surface area contributed by atoms with E-state index in [0.29, 0.717) is 0 Å². The number of rotatable bonds is 0. The number of hydrogen-bond acceptors (Lipinski definition) is 1. The Balaban J connectivity index is 3.47. The first-order valence-electron chi connectivity index (χ1n) is 1.39. The molecule has 0 aliphatic carbocycles. The fourth-order valence-corrected chi connectivity index (χ4v) is 0. The van der Waals surface area contributed by atoms with E-state index in [1.165, 1.54) is 12.5 Å². The van der Waals surface area contributed by atoms with Crippen molar-refractivity contribution in [3.63, 3.8) is 0 Å². The average Bonchev–Trinajstić information content (AvgIpc) is 0.722. The van der Waals surface area contributed by atoms with Crippen LogP contribution in [0.1, 0.15) is 0 Å². The van der Waals surface area contributed by atoms with E-state index in [1.54, 1.807) is 0 Å². The maximum absolute atomic E-state index is 9.85. The molecule has 0 N–H and O–H groups in total. The number of hydrogen-bond donors (Lipinski definition) is 0. The highest BCUT2D eigenvalue weighted by Crippen LogP contribution is 1.49. The highest BCUT2D eigenvalue weighted by molar-refractivity contribution is 7.83. The van der Waals surface area contributed by atoms with Gasteiger partial charge in [-0.1, -0.05) is 0 Å². The molecule has 2 heteroatoms. The van der Waals surface area contributed by atoms with Gasteiger partial charge in [-0.15, -0.1) is 4.21 Å². The largest absolute Gasteiger partial charge is 0.360 e. The Morgan fingerprint density at radius 2 is 2.00 bits per heavy atom. The van der Waals surface area contributed by atoms with Crippen LogP contribution in [0.25, 0.3) is 0 Å². The van der Waals surface area contributed by atoms with Crippen LogP contribution in [0, 0.1) is 0 Å². The minimum absolute atomic E-state index is 1.38. The summed E-state index contributed by atoms with van der Waals surface area (Å²) in [6.07, 6.45) is 2.76. The summed E-state index contributed by atoms with van der Waals surface area (Å²) in [6.45, 7) is 0. The van der Waals surface area contributed by atoms with Crippen LogP contribution in [0.15, 0.2) is 0 Å². The van der Waals surface area contributed by atoms with Crippen molar-refractivity contribution in [2.24, 2.45) is 0 Å². The van der Waals surface area contributed by atoms with Crippen LogP contribution in [0.4, 0.5) is 0 Å². The fraction of sp³-hybridized carbons (Fsp3) is 1.00. The second-order valence-electron chi connectivity index (χ2n) is 0.742. The Labute approximate surface area is 29.6 Å². The SMILES string of the molecule is [2H][S+](C)(C)=O. The summed E-state index contributed by atoms with van der Waals surface area (Å²) in [6, 6.07) is 0. The molecule has 0 aromatic rings. The topological polar surface area (TPSA) is 17.1 Å². The average molecular weight is 80.2 g/mol. The van der Waals surface area contributed by atoms with Gasteiger partial charge in [0.2, 0.25) is 0 Å². The summed E-state index contributed by atoms with van der Waals surface area (Å²) < 4.78 is 16.3. The van der Waals surface area contributed by atoms with Gasteiger partial charge >= 0.3 is 1.12 Å². The summed E-state index contributed by atoms with van der Waals surface area (Å²) in [5.74, 6) is 0. The lowest BCUT2D eigenvalue weighted by Gasteiger charge is -1.52. The van der Waals surface area contributed by atoms with Crippen molar-refractivity contribution in [3.8, 4) is 0 Å². The fourth-order valence-electron chi connectivity index (χ4n) is 0. The molecule has 0 aliphatic heterocycles. The normalized spacial score (nSPS) is 15.0. The standard InChI is InChI=1S/C2H6OS/c1-4(2)3/h1-2H3/p+1/i/hD. The lowest BCUT2D eigenvalue weighted by molar-refractivity contribution is 0.601. The lowest BCUT2D eigenvalue weighted by atomic mass is 11.9. The first kappa shape index (κ1) is 2.39. The molecule has 0 aromatic heterocycles. The van der Waals surface area contributed by atoms with Crippen molar-refractivity contribution in [2.45, 2.75) is 0 Å². The maximum Gasteiger partial charge on any atom is 0.360 e. The van der Waals surface area contributed by atoms with Gasteiger partial charge in [0.25, 0.3) is 0 Å². The molecule has 0 radical (unpaired) electrons. The Hall–Kier alpha value is 0.150. The molecule has 0 atom stereocenters. The predicted molar refractivity (Wildman–Crippen MR) is 21.3 cm³/mol. The maximum atomic E-state index is 9.85. The molecule has 0 spiro atoms. The van der Waals surface area contributed by atoms with Crippen molar-refractivity contribution < 1.29 is 4.21 Å². The Morgan fingerprint density at radius 1 is 2.00 bits per heavy atom. The Kier molecular flexibility index (Phi) is 0.877. The van der Waals surface area contributed by atoms with Crippen molar-refractivity contribution in [2.75, 3.05) is 12.5 Å². The van der Waals surface area contributed by atoms with E-state index in [-0.39, 0.29) is 0 Å². The second-order valence-corrected chi connectivity index (χ2v) is 2.22. The van der Waals surface area contributed by atoms with E-state index in [2.05, 4.69) is 0 Å². The van der Waals surface area contributed by atoms with E-state index in [0.717, 1.165) is 0 Å². The second kappa shape index (κ2) is 1.47.